The number of benzene rings is 1. The molecule has 0 spiro atoms. The maximum absolute atomic E-state index is 12.9. The van der Waals surface area contributed by atoms with E-state index >= 15 is 0 Å². The first kappa shape index (κ1) is 15.0. The third-order valence-corrected chi connectivity index (χ3v) is 5.76. The molecule has 0 N–H and O–H groups in total. The molecule has 1 heterocycles. The number of nitrogens with zero attached hydrogens (tertiary/aromatic N) is 1. The second-order valence-electron chi connectivity index (χ2n) is 6.56. The van der Waals surface area contributed by atoms with Crippen molar-refractivity contribution < 1.29 is 22.8 Å². The van der Waals surface area contributed by atoms with Gasteiger partial charge in [0.25, 0.3) is 0 Å². The van der Waals surface area contributed by atoms with Crippen LogP contribution in [0.15, 0.2) is 18.2 Å². The number of amides is 2. The molecule has 2 saturated carbocycles. The first-order valence-corrected chi connectivity index (χ1v) is 7.91. The number of imide groups is 1. The molecule has 3 fully saturated rings. The van der Waals surface area contributed by atoms with E-state index in [9.17, 15) is 22.8 Å². The molecule has 1 aliphatic heterocycles. The Labute approximate surface area is 135 Å². The van der Waals surface area contributed by atoms with Gasteiger partial charge in [0.05, 0.1) is 28.1 Å². The number of fused-ring (bicyclic) bond motifs is 5. The van der Waals surface area contributed by atoms with Crippen molar-refractivity contribution in [3.05, 3.63) is 28.8 Å². The van der Waals surface area contributed by atoms with Crippen LogP contribution in [-0.2, 0) is 15.8 Å². The molecular weight excluding hydrogens is 331 g/mol. The molecule has 0 radical (unpaired) electrons. The van der Waals surface area contributed by atoms with Crippen LogP contribution < -0.4 is 4.90 Å². The highest BCUT2D eigenvalue weighted by atomic mass is 35.5. The van der Waals surface area contributed by atoms with Crippen LogP contribution in [0.3, 0.4) is 0 Å². The van der Waals surface area contributed by atoms with Crippen molar-refractivity contribution in [2.75, 3.05) is 4.90 Å². The van der Waals surface area contributed by atoms with Crippen LogP contribution in [0.1, 0.15) is 24.8 Å². The Morgan fingerprint density at radius 1 is 1.04 bits per heavy atom. The Morgan fingerprint density at radius 2 is 1.61 bits per heavy atom. The number of hydrogen-bond donors (Lipinski definition) is 0. The minimum absolute atomic E-state index is 0.0213. The summed E-state index contributed by atoms with van der Waals surface area (Å²) in [6, 6.07) is 2.73. The van der Waals surface area contributed by atoms with Crippen molar-refractivity contribution in [3.63, 3.8) is 0 Å². The summed E-state index contributed by atoms with van der Waals surface area (Å²) in [5.74, 6) is -1.20. The highest BCUT2D eigenvalue weighted by Gasteiger charge is 2.61. The van der Waals surface area contributed by atoms with Crippen LogP contribution in [0.25, 0.3) is 0 Å². The highest BCUT2D eigenvalue weighted by Crippen LogP contribution is 2.57. The molecule has 4 atom stereocenters. The van der Waals surface area contributed by atoms with E-state index in [1.54, 1.807) is 0 Å². The van der Waals surface area contributed by atoms with Crippen LogP contribution in [0, 0.1) is 23.7 Å². The fraction of sp³-hybridized carbons (Fsp3) is 0.500. The number of carbonyl (C=O) groups is 2. The summed E-state index contributed by atoms with van der Waals surface area (Å²) in [7, 11) is 0. The second kappa shape index (κ2) is 4.72. The average molecular weight is 344 g/mol. The molecule has 2 aliphatic carbocycles. The molecule has 2 bridgehead atoms. The summed E-state index contributed by atoms with van der Waals surface area (Å²) in [5, 5.41) is -0.0213. The molecular formula is C16H13ClF3NO2. The number of hydrogen-bond acceptors (Lipinski definition) is 2. The number of anilines is 1. The maximum Gasteiger partial charge on any atom is 0.416 e. The van der Waals surface area contributed by atoms with Gasteiger partial charge in [0, 0.05) is 0 Å². The summed E-state index contributed by atoms with van der Waals surface area (Å²) in [5.41, 5.74) is -1.07. The van der Waals surface area contributed by atoms with Crippen LogP contribution in [0.2, 0.25) is 5.02 Å². The van der Waals surface area contributed by atoms with Gasteiger partial charge in [-0.25, -0.2) is 4.90 Å². The van der Waals surface area contributed by atoms with Gasteiger partial charge < -0.3 is 0 Å². The van der Waals surface area contributed by atoms with E-state index in [1.807, 2.05) is 0 Å². The predicted molar refractivity (Wildman–Crippen MR) is 76.8 cm³/mol. The molecule has 122 valence electrons. The van der Waals surface area contributed by atoms with Crippen LogP contribution in [0.5, 0.6) is 0 Å². The molecule has 0 aromatic heterocycles. The zero-order valence-corrected chi connectivity index (χ0v) is 12.7. The van der Waals surface area contributed by atoms with Gasteiger partial charge in [0.2, 0.25) is 11.8 Å². The van der Waals surface area contributed by atoms with Crippen molar-refractivity contribution in [2.24, 2.45) is 23.7 Å². The fourth-order valence-electron chi connectivity index (χ4n) is 4.51. The van der Waals surface area contributed by atoms with E-state index < -0.39 is 23.6 Å². The molecule has 1 aromatic carbocycles. The Hall–Kier alpha value is -1.56. The van der Waals surface area contributed by atoms with Gasteiger partial charge >= 0.3 is 6.18 Å². The number of rotatable bonds is 1. The van der Waals surface area contributed by atoms with E-state index in [0.717, 1.165) is 42.4 Å². The number of halogens is 4. The monoisotopic (exact) mass is 343 g/mol. The van der Waals surface area contributed by atoms with Gasteiger partial charge in [0.1, 0.15) is 0 Å². The molecule has 3 aliphatic rings. The molecule has 23 heavy (non-hydrogen) atoms. The Kier molecular flexibility index (Phi) is 3.08. The predicted octanol–water partition coefficient (Wildman–Crippen LogP) is 3.89. The molecule has 1 saturated heterocycles. The van der Waals surface area contributed by atoms with Crippen molar-refractivity contribution in [2.45, 2.75) is 25.4 Å². The van der Waals surface area contributed by atoms with Crippen molar-refractivity contribution in [1.29, 1.82) is 0 Å². The van der Waals surface area contributed by atoms with Gasteiger partial charge in [-0.1, -0.05) is 11.6 Å². The fourth-order valence-corrected chi connectivity index (χ4v) is 4.71. The van der Waals surface area contributed by atoms with Crippen molar-refractivity contribution in [3.8, 4) is 0 Å². The Bertz CT molecular complexity index is 690. The van der Waals surface area contributed by atoms with E-state index in [-0.39, 0.29) is 34.4 Å². The highest BCUT2D eigenvalue weighted by molar-refractivity contribution is 6.36. The summed E-state index contributed by atoms with van der Waals surface area (Å²) < 4.78 is 38.7. The Morgan fingerprint density at radius 3 is 2.13 bits per heavy atom. The van der Waals surface area contributed by atoms with Crippen LogP contribution >= 0.6 is 11.6 Å². The minimum Gasteiger partial charge on any atom is -0.274 e. The zero-order chi connectivity index (χ0) is 16.5. The largest absolute Gasteiger partial charge is 0.416 e. The van der Waals surface area contributed by atoms with Gasteiger partial charge in [-0.15, -0.1) is 0 Å². The maximum atomic E-state index is 12.9. The van der Waals surface area contributed by atoms with Crippen LogP contribution in [-0.4, -0.2) is 11.8 Å². The topological polar surface area (TPSA) is 37.4 Å². The van der Waals surface area contributed by atoms with Gasteiger partial charge in [-0.2, -0.15) is 13.2 Å². The minimum atomic E-state index is -4.56. The third-order valence-electron chi connectivity index (χ3n) is 5.44. The molecule has 1 aromatic rings. The summed E-state index contributed by atoms with van der Waals surface area (Å²) in [4.78, 5) is 26.2. The van der Waals surface area contributed by atoms with E-state index in [1.165, 1.54) is 0 Å². The van der Waals surface area contributed by atoms with Gasteiger partial charge in [0.15, 0.2) is 0 Å². The summed E-state index contributed by atoms with van der Waals surface area (Å²) >= 11 is 5.99. The standard InChI is InChI=1S/C16H13ClF3NO2/c17-10-4-3-9(16(18,19)20)6-11(10)21-14(22)12-7-1-2-8(5-7)13(12)15(21)23/h3-4,6-8,12-13H,1-2,5H2/t7-,8-,12-,13+/m1/s1. The molecule has 0 unspecified atom stereocenters. The van der Waals surface area contributed by atoms with Crippen molar-refractivity contribution in [1.82, 2.24) is 0 Å². The van der Waals surface area contributed by atoms with E-state index in [4.69, 9.17) is 11.6 Å². The molecule has 2 amide bonds. The van der Waals surface area contributed by atoms with Crippen LogP contribution in [0.4, 0.5) is 18.9 Å². The lowest BCUT2D eigenvalue weighted by atomic mass is 9.81. The first-order chi connectivity index (χ1) is 10.8. The number of carbonyl (C=O) groups excluding carboxylic acids is 2. The third kappa shape index (κ3) is 2.04. The van der Waals surface area contributed by atoms with E-state index in [2.05, 4.69) is 0 Å². The van der Waals surface area contributed by atoms with Gasteiger partial charge in [-0.3, -0.25) is 9.59 Å². The lowest BCUT2D eigenvalue weighted by Crippen LogP contribution is -2.33. The van der Waals surface area contributed by atoms with E-state index in [0.29, 0.717) is 0 Å². The average Bonchev–Trinajstić information content (AvgIpc) is 3.13. The summed E-state index contributed by atoms with van der Waals surface area (Å²) in [6.45, 7) is 0. The second-order valence-corrected chi connectivity index (χ2v) is 6.97. The lowest BCUT2D eigenvalue weighted by molar-refractivity contribution is -0.137. The Balaban J connectivity index is 1.77. The number of alkyl halides is 3. The zero-order valence-electron chi connectivity index (χ0n) is 11.9. The molecule has 3 nitrogen and oxygen atoms in total. The normalized spacial score (nSPS) is 32.8. The lowest BCUT2D eigenvalue weighted by Gasteiger charge is -2.20. The smallest absolute Gasteiger partial charge is 0.274 e. The molecule has 4 rings (SSSR count). The van der Waals surface area contributed by atoms with Gasteiger partial charge in [-0.05, 0) is 49.3 Å². The quantitative estimate of drug-likeness (QED) is 0.725. The first-order valence-electron chi connectivity index (χ1n) is 7.53. The van der Waals surface area contributed by atoms with Crippen molar-refractivity contribution >= 4 is 29.1 Å². The molecule has 7 heteroatoms. The SMILES string of the molecule is O=C1[C@@H]2[C@@H]3CC[C@H](C3)[C@@H]2C(=O)N1c1cc(C(F)(F)F)ccc1Cl. The summed E-state index contributed by atoms with van der Waals surface area (Å²) in [6.07, 6.45) is -1.86.